The third-order valence-electron chi connectivity index (χ3n) is 5.17. The van der Waals surface area contributed by atoms with Crippen LogP contribution >= 0.6 is 11.3 Å². The molecule has 0 saturated carbocycles. The van der Waals surface area contributed by atoms with Gasteiger partial charge in [-0.2, -0.15) is 0 Å². The van der Waals surface area contributed by atoms with Crippen LogP contribution in [0.3, 0.4) is 0 Å². The molecule has 1 aromatic rings. The van der Waals surface area contributed by atoms with Gasteiger partial charge in [-0.3, -0.25) is 4.79 Å². The molecule has 2 aliphatic heterocycles. The van der Waals surface area contributed by atoms with E-state index < -0.39 is 0 Å². The fourth-order valence-electron chi connectivity index (χ4n) is 3.63. The van der Waals surface area contributed by atoms with Crippen LogP contribution in [-0.4, -0.2) is 78.6 Å². The molecular formula is C19H28N4O4S. The number of urea groups is 1. The molecule has 0 aliphatic carbocycles. The van der Waals surface area contributed by atoms with Crippen molar-refractivity contribution < 1.29 is 19.1 Å². The molecule has 0 bridgehead atoms. The van der Waals surface area contributed by atoms with Gasteiger partial charge in [0, 0.05) is 44.1 Å². The Morgan fingerprint density at radius 3 is 2.57 bits per heavy atom. The Balaban J connectivity index is 1.46. The van der Waals surface area contributed by atoms with E-state index in [0.717, 1.165) is 17.7 Å². The SMILES string of the molecule is CCOC(=O)N1CCN(C(=O)C2CCCN(C(=O)NCc3cccs3)C2)CC1. The third-order valence-corrected chi connectivity index (χ3v) is 6.05. The topological polar surface area (TPSA) is 82.2 Å². The Morgan fingerprint density at radius 1 is 1.14 bits per heavy atom. The minimum Gasteiger partial charge on any atom is -0.450 e. The average molecular weight is 409 g/mol. The summed E-state index contributed by atoms with van der Waals surface area (Å²) in [7, 11) is 0. The van der Waals surface area contributed by atoms with E-state index in [-0.39, 0.29) is 23.9 Å². The van der Waals surface area contributed by atoms with Gasteiger partial charge in [-0.05, 0) is 31.2 Å². The highest BCUT2D eigenvalue weighted by Crippen LogP contribution is 2.20. The van der Waals surface area contributed by atoms with Gasteiger partial charge >= 0.3 is 12.1 Å². The summed E-state index contributed by atoms with van der Waals surface area (Å²) in [6, 6.07) is 3.84. The number of piperazine rings is 1. The number of hydrogen-bond acceptors (Lipinski definition) is 5. The second kappa shape index (κ2) is 9.77. The first-order chi connectivity index (χ1) is 13.6. The number of rotatable bonds is 4. The molecule has 0 aromatic carbocycles. The number of thiophene rings is 1. The molecule has 1 aromatic heterocycles. The van der Waals surface area contributed by atoms with E-state index in [1.165, 1.54) is 0 Å². The molecule has 2 saturated heterocycles. The van der Waals surface area contributed by atoms with Crippen molar-refractivity contribution in [3.05, 3.63) is 22.4 Å². The van der Waals surface area contributed by atoms with E-state index in [2.05, 4.69) is 5.32 Å². The Kier molecular flexibility index (Phi) is 7.13. The molecule has 2 aliphatic rings. The highest BCUT2D eigenvalue weighted by atomic mass is 32.1. The van der Waals surface area contributed by atoms with Gasteiger partial charge in [-0.15, -0.1) is 11.3 Å². The molecule has 1 N–H and O–H groups in total. The molecule has 3 rings (SSSR count). The zero-order chi connectivity index (χ0) is 19.9. The van der Waals surface area contributed by atoms with Gasteiger partial charge in [0.1, 0.15) is 0 Å². The van der Waals surface area contributed by atoms with Crippen LogP contribution in [0.1, 0.15) is 24.6 Å². The zero-order valence-electron chi connectivity index (χ0n) is 16.3. The maximum absolute atomic E-state index is 12.9. The predicted molar refractivity (Wildman–Crippen MR) is 106 cm³/mol. The van der Waals surface area contributed by atoms with Crippen LogP contribution < -0.4 is 5.32 Å². The second-order valence-corrected chi connectivity index (χ2v) is 8.07. The van der Waals surface area contributed by atoms with Crippen LogP contribution in [0, 0.1) is 5.92 Å². The molecule has 2 fully saturated rings. The smallest absolute Gasteiger partial charge is 0.409 e. The van der Waals surface area contributed by atoms with Crippen molar-refractivity contribution in [2.45, 2.75) is 26.3 Å². The van der Waals surface area contributed by atoms with E-state index in [0.29, 0.717) is 52.4 Å². The van der Waals surface area contributed by atoms with Crippen molar-refractivity contribution in [2.75, 3.05) is 45.9 Å². The summed E-state index contributed by atoms with van der Waals surface area (Å²) >= 11 is 1.61. The summed E-state index contributed by atoms with van der Waals surface area (Å²) in [6.07, 6.45) is 1.30. The monoisotopic (exact) mass is 408 g/mol. The van der Waals surface area contributed by atoms with Crippen LogP contribution in [0.2, 0.25) is 0 Å². The number of carbonyl (C=O) groups is 3. The molecular weight excluding hydrogens is 380 g/mol. The van der Waals surface area contributed by atoms with E-state index in [1.54, 1.807) is 28.1 Å². The van der Waals surface area contributed by atoms with Gasteiger partial charge in [0.2, 0.25) is 5.91 Å². The van der Waals surface area contributed by atoms with E-state index in [4.69, 9.17) is 4.74 Å². The number of amides is 4. The minimum atomic E-state index is -0.319. The first kappa shape index (κ1) is 20.4. The molecule has 9 heteroatoms. The Bertz CT molecular complexity index is 673. The molecule has 4 amide bonds. The van der Waals surface area contributed by atoms with Crippen LogP contribution in [0.25, 0.3) is 0 Å². The largest absolute Gasteiger partial charge is 0.450 e. The number of nitrogens with one attached hydrogen (secondary N) is 1. The predicted octanol–water partition coefficient (Wildman–Crippen LogP) is 1.97. The van der Waals surface area contributed by atoms with Crippen LogP contribution in [0.4, 0.5) is 9.59 Å². The first-order valence-corrected chi connectivity index (χ1v) is 10.7. The molecule has 0 radical (unpaired) electrons. The number of carbonyl (C=O) groups excluding carboxylic acids is 3. The summed E-state index contributed by atoms with van der Waals surface area (Å²) in [6.45, 7) is 5.78. The van der Waals surface area contributed by atoms with Gasteiger partial charge in [0.25, 0.3) is 0 Å². The van der Waals surface area contributed by atoms with E-state index >= 15 is 0 Å². The first-order valence-electron chi connectivity index (χ1n) is 9.84. The zero-order valence-corrected chi connectivity index (χ0v) is 17.1. The quantitative estimate of drug-likeness (QED) is 0.826. The van der Waals surface area contributed by atoms with Crippen LogP contribution in [0.5, 0.6) is 0 Å². The third kappa shape index (κ3) is 5.15. The lowest BCUT2D eigenvalue weighted by atomic mass is 9.96. The maximum Gasteiger partial charge on any atom is 0.409 e. The van der Waals surface area contributed by atoms with Crippen molar-refractivity contribution in [1.29, 1.82) is 0 Å². The lowest BCUT2D eigenvalue weighted by Gasteiger charge is -2.38. The molecule has 154 valence electrons. The summed E-state index contributed by atoms with van der Waals surface area (Å²) < 4.78 is 5.02. The van der Waals surface area contributed by atoms with Crippen molar-refractivity contribution in [2.24, 2.45) is 5.92 Å². The Morgan fingerprint density at radius 2 is 1.89 bits per heavy atom. The van der Waals surface area contributed by atoms with Gasteiger partial charge in [-0.1, -0.05) is 6.07 Å². The van der Waals surface area contributed by atoms with Crippen molar-refractivity contribution in [3.63, 3.8) is 0 Å². The molecule has 8 nitrogen and oxygen atoms in total. The highest BCUT2D eigenvalue weighted by Gasteiger charge is 2.33. The maximum atomic E-state index is 12.9. The van der Waals surface area contributed by atoms with Gasteiger partial charge in [-0.25, -0.2) is 9.59 Å². The summed E-state index contributed by atoms with van der Waals surface area (Å²) in [5.74, 6) is -0.0883. The average Bonchev–Trinajstić information content (AvgIpc) is 3.25. The number of piperidine rings is 1. The highest BCUT2D eigenvalue weighted by molar-refractivity contribution is 7.09. The number of likely N-dealkylation sites (tertiary alicyclic amines) is 1. The van der Waals surface area contributed by atoms with Gasteiger partial charge < -0.3 is 24.8 Å². The van der Waals surface area contributed by atoms with Gasteiger partial charge in [0.05, 0.1) is 19.1 Å². The summed E-state index contributed by atoms with van der Waals surface area (Å²) in [5.41, 5.74) is 0. The molecule has 1 atom stereocenters. The van der Waals surface area contributed by atoms with E-state index in [1.807, 2.05) is 22.4 Å². The van der Waals surface area contributed by atoms with Crippen LogP contribution in [-0.2, 0) is 16.1 Å². The standard InChI is InChI=1S/C19H28N4O4S/c1-2-27-19(26)22-10-8-21(9-11-22)17(24)15-5-3-7-23(14-15)18(25)20-13-16-6-4-12-28-16/h4,6,12,15H,2-3,5,7-11,13-14H2,1H3,(H,20,25). The lowest BCUT2D eigenvalue weighted by Crippen LogP contribution is -2.54. The fraction of sp³-hybridized carbons (Fsp3) is 0.632. The van der Waals surface area contributed by atoms with Gasteiger partial charge in [0.15, 0.2) is 0 Å². The molecule has 1 unspecified atom stereocenters. The molecule has 0 spiro atoms. The minimum absolute atomic E-state index is 0.0827. The normalized spacial score (nSPS) is 20.0. The number of hydrogen-bond donors (Lipinski definition) is 1. The van der Waals surface area contributed by atoms with Crippen molar-refractivity contribution in [1.82, 2.24) is 20.0 Å². The Hall–Kier alpha value is -2.29. The number of ether oxygens (including phenoxy) is 1. The van der Waals surface area contributed by atoms with Crippen molar-refractivity contribution >= 4 is 29.4 Å². The Labute approximate surface area is 169 Å². The number of nitrogens with zero attached hydrogens (tertiary/aromatic N) is 3. The summed E-state index contributed by atoms with van der Waals surface area (Å²) in [5, 5.41) is 4.92. The lowest BCUT2D eigenvalue weighted by molar-refractivity contribution is -0.138. The van der Waals surface area contributed by atoms with Crippen molar-refractivity contribution in [3.8, 4) is 0 Å². The second-order valence-electron chi connectivity index (χ2n) is 7.03. The molecule has 28 heavy (non-hydrogen) atoms. The fourth-order valence-corrected chi connectivity index (χ4v) is 4.28. The summed E-state index contributed by atoms with van der Waals surface area (Å²) in [4.78, 5) is 43.5. The van der Waals surface area contributed by atoms with E-state index in [9.17, 15) is 14.4 Å². The van der Waals surface area contributed by atoms with Crippen LogP contribution in [0.15, 0.2) is 17.5 Å². The molecule has 3 heterocycles.